The maximum Gasteiger partial charge on any atom is 0.146 e. The molecule has 0 aromatic rings. The predicted octanol–water partition coefficient (Wildman–Crippen LogP) is 1.25. The quantitative estimate of drug-likeness (QED) is 0.332. The smallest absolute Gasteiger partial charge is 0.146 e. The summed E-state index contributed by atoms with van der Waals surface area (Å²) in [6.07, 6.45) is 1.43. The van der Waals surface area contributed by atoms with Crippen LogP contribution in [-0.2, 0) is 18.9 Å². The van der Waals surface area contributed by atoms with Crippen LogP contribution in [0.1, 0.15) is 0 Å². The summed E-state index contributed by atoms with van der Waals surface area (Å²) >= 11 is 0. The zero-order valence-electron chi connectivity index (χ0n) is 7.91. The zero-order valence-corrected chi connectivity index (χ0v) is 8.80. The standard InChI is InChI=1S/C7H17O4P/c1-8-4-10-6-12(3)7-11-5-9-2/h4-7H2,1-3H3. The third kappa shape index (κ3) is 8.37. The number of hydrogen-bond donors (Lipinski definition) is 0. The lowest BCUT2D eigenvalue weighted by molar-refractivity contribution is -0.0190. The molecule has 0 atom stereocenters. The molecule has 0 saturated heterocycles. The van der Waals surface area contributed by atoms with E-state index >= 15 is 0 Å². The molecule has 0 amide bonds. The number of hydrogen-bond acceptors (Lipinski definition) is 4. The molecule has 0 aliphatic heterocycles. The third-order valence-electron chi connectivity index (χ3n) is 1.03. The largest absolute Gasteiger partial charge is 0.359 e. The van der Waals surface area contributed by atoms with Gasteiger partial charge in [0.05, 0.1) is 12.7 Å². The van der Waals surface area contributed by atoms with E-state index in [0.29, 0.717) is 26.3 Å². The SMILES string of the molecule is COCOCP(C)COCOC. The van der Waals surface area contributed by atoms with Gasteiger partial charge in [0.2, 0.25) is 0 Å². The van der Waals surface area contributed by atoms with Crippen LogP contribution in [0.5, 0.6) is 0 Å². The van der Waals surface area contributed by atoms with Crippen molar-refractivity contribution in [2.24, 2.45) is 0 Å². The van der Waals surface area contributed by atoms with E-state index in [0.717, 1.165) is 0 Å². The lowest BCUT2D eigenvalue weighted by atomic mass is 11.3. The van der Waals surface area contributed by atoms with E-state index in [2.05, 4.69) is 6.66 Å². The van der Waals surface area contributed by atoms with Gasteiger partial charge in [-0.2, -0.15) is 0 Å². The number of rotatable bonds is 8. The van der Waals surface area contributed by atoms with Crippen molar-refractivity contribution < 1.29 is 18.9 Å². The van der Waals surface area contributed by atoms with Gasteiger partial charge in [-0.3, -0.25) is 0 Å². The molecule has 12 heavy (non-hydrogen) atoms. The normalized spacial score (nSPS) is 11.0. The van der Waals surface area contributed by atoms with E-state index in [-0.39, 0.29) is 7.92 Å². The van der Waals surface area contributed by atoms with Gasteiger partial charge in [-0.15, -0.1) is 0 Å². The fourth-order valence-corrected chi connectivity index (χ4v) is 1.44. The summed E-state index contributed by atoms with van der Waals surface area (Å²) < 4.78 is 19.8. The fourth-order valence-electron chi connectivity index (χ4n) is 0.590. The van der Waals surface area contributed by atoms with Crippen LogP contribution in [-0.4, -0.2) is 47.2 Å². The van der Waals surface area contributed by atoms with Gasteiger partial charge in [0.15, 0.2) is 0 Å². The minimum Gasteiger partial charge on any atom is -0.359 e. The summed E-state index contributed by atoms with van der Waals surface area (Å²) in [5.74, 6) is 0. The highest BCUT2D eigenvalue weighted by Crippen LogP contribution is 2.29. The fraction of sp³-hybridized carbons (Fsp3) is 1.00. The van der Waals surface area contributed by atoms with Crippen molar-refractivity contribution in [1.82, 2.24) is 0 Å². The molecule has 0 spiro atoms. The lowest BCUT2D eigenvalue weighted by Crippen LogP contribution is -2.02. The van der Waals surface area contributed by atoms with Crippen molar-refractivity contribution in [1.29, 1.82) is 0 Å². The molecule has 0 bridgehead atoms. The van der Waals surface area contributed by atoms with Crippen LogP contribution >= 0.6 is 7.92 Å². The molecule has 74 valence electrons. The predicted molar refractivity (Wildman–Crippen MR) is 48.5 cm³/mol. The van der Waals surface area contributed by atoms with Crippen molar-refractivity contribution in [3.8, 4) is 0 Å². The van der Waals surface area contributed by atoms with E-state index in [1.807, 2.05) is 0 Å². The highest BCUT2D eigenvalue weighted by molar-refractivity contribution is 7.56. The van der Waals surface area contributed by atoms with Crippen molar-refractivity contribution >= 4 is 7.92 Å². The zero-order chi connectivity index (χ0) is 9.23. The van der Waals surface area contributed by atoms with Gasteiger partial charge in [-0.05, 0) is 6.66 Å². The average molecular weight is 196 g/mol. The number of ether oxygens (including phenoxy) is 4. The molecule has 0 heterocycles. The summed E-state index contributed by atoms with van der Waals surface area (Å²) in [7, 11) is 3.01. The maximum absolute atomic E-state index is 5.16. The minimum atomic E-state index is -0.208. The average Bonchev–Trinajstić information content (AvgIpc) is 2.06. The Bertz CT molecular complexity index is 81.5. The van der Waals surface area contributed by atoms with Gasteiger partial charge in [-0.25, -0.2) is 0 Å². The van der Waals surface area contributed by atoms with Gasteiger partial charge < -0.3 is 18.9 Å². The van der Waals surface area contributed by atoms with Crippen LogP contribution in [0, 0.1) is 0 Å². The Kier molecular flexibility index (Phi) is 9.57. The van der Waals surface area contributed by atoms with Crippen molar-refractivity contribution in [3.63, 3.8) is 0 Å². The first-order chi connectivity index (χ1) is 5.81. The minimum absolute atomic E-state index is 0.208. The summed E-state index contributed by atoms with van der Waals surface area (Å²) in [4.78, 5) is 0. The summed E-state index contributed by atoms with van der Waals surface area (Å²) in [6, 6.07) is 0. The Balaban J connectivity index is 3.04. The highest BCUT2D eigenvalue weighted by atomic mass is 31.1. The molecule has 0 aromatic carbocycles. The van der Waals surface area contributed by atoms with E-state index in [1.54, 1.807) is 14.2 Å². The Morgan fingerprint density at radius 1 is 0.917 bits per heavy atom. The van der Waals surface area contributed by atoms with Crippen LogP contribution < -0.4 is 0 Å². The molecule has 0 aliphatic carbocycles. The molecule has 0 aliphatic rings. The highest BCUT2D eigenvalue weighted by Gasteiger charge is 2.00. The second kappa shape index (κ2) is 9.36. The molecule has 0 saturated carbocycles. The third-order valence-corrected chi connectivity index (χ3v) is 2.27. The second-order valence-corrected chi connectivity index (χ2v) is 4.56. The Morgan fingerprint density at radius 3 is 1.67 bits per heavy atom. The second-order valence-electron chi connectivity index (χ2n) is 2.34. The van der Waals surface area contributed by atoms with Gasteiger partial charge >= 0.3 is 0 Å². The summed E-state index contributed by atoms with van der Waals surface area (Å²) in [5, 5.41) is 0. The molecule has 0 rings (SSSR count). The number of methoxy groups -OCH3 is 2. The molecule has 0 aromatic heterocycles. The first-order valence-corrected chi connectivity index (χ1v) is 5.79. The molecular weight excluding hydrogens is 179 g/mol. The Morgan fingerprint density at radius 2 is 1.33 bits per heavy atom. The van der Waals surface area contributed by atoms with Crippen molar-refractivity contribution in [2.75, 3.05) is 47.2 Å². The lowest BCUT2D eigenvalue weighted by Gasteiger charge is -2.11. The van der Waals surface area contributed by atoms with Crippen LogP contribution in [0.3, 0.4) is 0 Å². The molecule has 0 fully saturated rings. The van der Waals surface area contributed by atoms with Gasteiger partial charge in [-0.1, -0.05) is 7.92 Å². The maximum atomic E-state index is 5.16. The van der Waals surface area contributed by atoms with E-state index < -0.39 is 0 Å². The Hall–Kier alpha value is 0.270. The molecular formula is C7H17O4P. The summed E-state index contributed by atoms with van der Waals surface area (Å²) in [5.41, 5.74) is 0. The first kappa shape index (κ1) is 12.3. The van der Waals surface area contributed by atoms with Crippen LogP contribution in [0.2, 0.25) is 0 Å². The summed E-state index contributed by atoms with van der Waals surface area (Å²) in [6.45, 7) is 2.83. The van der Waals surface area contributed by atoms with Crippen molar-refractivity contribution in [3.05, 3.63) is 0 Å². The van der Waals surface area contributed by atoms with Crippen molar-refractivity contribution in [2.45, 2.75) is 0 Å². The molecule has 0 N–H and O–H groups in total. The molecule has 4 nitrogen and oxygen atoms in total. The van der Waals surface area contributed by atoms with Crippen LogP contribution in [0.4, 0.5) is 0 Å². The van der Waals surface area contributed by atoms with E-state index in [4.69, 9.17) is 18.9 Å². The van der Waals surface area contributed by atoms with E-state index in [1.165, 1.54) is 0 Å². The topological polar surface area (TPSA) is 36.9 Å². The first-order valence-electron chi connectivity index (χ1n) is 3.63. The molecule has 0 radical (unpaired) electrons. The van der Waals surface area contributed by atoms with Crippen LogP contribution in [0.25, 0.3) is 0 Å². The van der Waals surface area contributed by atoms with Crippen LogP contribution in [0.15, 0.2) is 0 Å². The monoisotopic (exact) mass is 196 g/mol. The Labute approximate surface area is 74.9 Å². The molecule has 5 heteroatoms. The van der Waals surface area contributed by atoms with Gasteiger partial charge in [0, 0.05) is 14.2 Å². The van der Waals surface area contributed by atoms with E-state index in [9.17, 15) is 0 Å². The molecule has 0 unspecified atom stereocenters. The van der Waals surface area contributed by atoms with Gasteiger partial charge in [0.1, 0.15) is 13.6 Å². The van der Waals surface area contributed by atoms with Gasteiger partial charge in [0.25, 0.3) is 0 Å².